The summed E-state index contributed by atoms with van der Waals surface area (Å²) < 4.78 is 16.6. The van der Waals surface area contributed by atoms with Crippen LogP contribution in [0.1, 0.15) is 271 Å². The van der Waals surface area contributed by atoms with Crippen LogP contribution in [0.25, 0.3) is 0 Å². The van der Waals surface area contributed by atoms with Gasteiger partial charge >= 0.3 is 5.97 Å². The second-order valence-electron chi connectivity index (χ2n) is 21.4. The maximum absolute atomic E-state index is 13.0. The van der Waals surface area contributed by atoms with Gasteiger partial charge in [0.05, 0.1) is 32.0 Å². The summed E-state index contributed by atoms with van der Waals surface area (Å²) in [5.74, 6) is -0.247. The maximum atomic E-state index is 13.0. The predicted molar refractivity (Wildman–Crippen MR) is 310 cm³/mol. The topological polar surface area (TPSA) is 175 Å². The Kier molecular flexibility index (Phi) is 50.1. The van der Waals surface area contributed by atoms with Gasteiger partial charge in [0.15, 0.2) is 6.29 Å². The van der Waals surface area contributed by atoms with Crippen LogP contribution in [0.5, 0.6) is 0 Å². The lowest BCUT2D eigenvalue weighted by Crippen LogP contribution is -2.60. The highest BCUT2D eigenvalue weighted by molar-refractivity contribution is 5.76. The first-order chi connectivity index (χ1) is 36.7. The van der Waals surface area contributed by atoms with Crippen LogP contribution in [0.15, 0.2) is 60.8 Å². The Balaban J connectivity index is 2.01. The Morgan fingerprint density at radius 3 is 1.37 bits per heavy atom. The van der Waals surface area contributed by atoms with Crippen LogP contribution in [0.2, 0.25) is 0 Å². The molecule has 0 aromatic rings. The van der Waals surface area contributed by atoms with Crippen LogP contribution in [0.4, 0.5) is 0 Å². The van der Waals surface area contributed by atoms with E-state index >= 15 is 0 Å². The van der Waals surface area contributed by atoms with Crippen molar-refractivity contribution in [2.24, 2.45) is 0 Å². The van der Waals surface area contributed by atoms with E-state index in [0.717, 1.165) is 77.0 Å². The third-order valence-electron chi connectivity index (χ3n) is 14.4. The molecule has 1 aliphatic heterocycles. The van der Waals surface area contributed by atoms with Gasteiger partial charge in [-0.2, -0.15) is 0 Å². The summed E-state index contributed by atoms with van der Waals surface area (Å²) in [7, 11) is 0. The number of allylic oxidation sites excluding steroid dienone is 8. The van der Waals surface area contributed by atoms with Gasteiger partial charge in [0.1, 0.15) is 24.4 Å². The molecule has 436 valence electrons. The van der Waals surface area contributed by atoms with Gasteiger partial charge in [-0.15, -0.1) is 0 Å². The Morgan fingerprint density at radius 2 is 0.893 bits per heavy atom. The molecule has 1 saturated heterocycles. The van der Waals surface area contributed by atoms with Crippen molar-refractivity contribution in [3.8, 4) is 0 Å². The summed E-state index contributed by atoms with van der Waals surface area (Å²) in [6, 6.07) is -0.814. The first kappa shape index (κ1) is 70.4. The van der Waals surface area contributed by atoms with Crippen LogP contribution < -0.4 is 5.32 Å². The number of nitrogens with one attached hydrogen (secondary N) is 1. The lowest BCUT2D eigenvalue weighted by molar-refractivity contribution is -0.302. The van der Waals surface area contributed by atoms with Crippen LogP contribution in [0, 0.1) is 0 Å². The van der Waals surface area contributed by atoms with Crippen molar-refractivity contribution < 1.29 is 49.3 Å². The molecule has 1 heterocycles. The minimum atomic E-state index is -1.57. The molecule has 11 heteroatoms. The van der Waals surface area contributed by atoms with Crippen LogP contribution >= 0.6 is 0 Å². The fourth-order valence-electron chi connectivity index (χ4n) is 9.42. The average Bonchev–Trinajstić information content (AvgIpc) is 3.41. The quantitative estimate of drug-likeness (QED) is 0.0195. The summed E-state index contributed by atoms with van der Waals surface area (Å²) >= 11 is 0. The number of carbonyl (C=O) groups excluding carboxylic acids is 2. The van der Waals surface area contributed by atoms with Crippen molar-refractivity contribution in [3.05, 3.63) is 60.8 Å². The summed E-state index contributed by atoms with van der Waals surface area (Å²) in [6.45, 7) is 4.17. The van der Waals surface area contributed by atoms with Gasteiger partial charge in [-0.25, -0.2) is 0 Å². The van der Waals surface area contributed by atoms with E-state index in [4.69, 9.17) is 14.2 Å². The highest BCUT2D eigenvalue weighted by Gasteiger charge is 2.44. The molecule has 1 fully saturated rings. The van der Waals surface area contributed by atoms with Gasteiger partial charge in [-0.3, -0.25) is 9.59 Å². The fourth-order valence-corrected chi connectivity index (χ4v) is 9.42. The normalized spacial score (nSPS) is 19.2. The highest BCUT2D eigenvalue weighted by Crippen LogP contribution is 2.23. The van der Waals surface area contributed by atoms with Gasteiger partial charge in [0.25, 0.3) is 0 Å². The molecule has 0 bridgehead atoms. The second kappa shape index (κ2) is 53.4. The van der Waals surface area contributed by atoms with E-state index in [9.17, 15) is 35.1 Å². The summed E-state index contributed by atoms with van der Waals surface area (Å²) in [4.78, 5) is 25.1. The number of unbranched alkanes of at least 4 members (excludes halogenated alkanes) is 31. The number of amides is 1. The van der Waals surface area contributed by atoms with Gasteiger partial charge in [-0.05, 0) is 83.5 Å². The lowest BCUT2D eigenvalue weighted by Gasteiger charge is -2.40. The molecule has 7 unspecified atom stereocenters. The molecule has 7 atom stereocenters. The molecule has 1 amide bonds. The number of ether oxygens (including phenoxy) is 3. The van der Waals surface area contributed by atoms with Crippen LogP contribution in [0.3, 0.4) is 0 Å². The number of hydrogen-bond acceptors (Lipinski definition) is 10. The molecule has 1 aliphatic rings. The SMILES string of the molecule is CCCCC/C=C\C/C=C\CCCCCCCCCC(=O)OCC/C=C\C/C=C\CCCCCCCCCCCCCCCCC(=O)NC(COC1OC(CO)C(O)C(O)C1O)C(O)/C=C/CCCCCCCCC. The van der Waals surface area contributed by atoms with E-state index < -0.39 is 49.5 Å². The van der Waals surface area contributed by atoms with Crippen molar-refractivity contribution in [2.45, 2.75) is 314 Å². The number of esters is 1. The lowest BCUT2D eigenvalue weighted by atomic mass is 9.99. The molecule has 0 aromatic heterocycles. The highest BCUT2D eigenvalue weighted by atomic mass is 16.7. The van der Waals surface area contributed by atoms with Gasteiger partial charge < -0.3 is 45.1 Å². The van der Waals surface area contributed by atoms with Crippen molar-refractivity contribution in [3.63, 3.8) is 0 Å². The molecule has 0 aromatic carbocycles. The van der Waals surface area contributed by atoms with Gasteiger partial charge in [0.2, 0.25) is 5.91 Å². The maximum Gasteiger partial charge on any atom is 0.305 e. The molecule has 0 spiro atoms. The molecule has 1 rings (SSSR count). The number of aliphatic hydroxyl groups is 5. The van der Waals surface area contributed by atoms with Gasteiger partial charge in [-0.1, -0.05) is 235 Å². The fraction of sp³-hybridized carbons (Fsp3) is 0.812. The number of carbonyl (C=O) groups is 2. The number of aliphatic hydroxyl groups excluding tert-OH is 5. The van der Waals surface area contributed by atoms with E-state index in [1.54, 1.807) is 6.08 Å². The van der Waals surface area contributed by atoms with Crippen LogP contribution in [-0.2, 0) is 23.8 Å². The van der Waals surface area contributed by atoms with E-state index in [0.29, 0.717) is 19.4 Å². The van der Waals surface area contributed by atoms with E-state index in [2.05, 4.69) is 67.8 Å². The Morgan fingerprint density at radius 1 is 0.493 bits per heavy atom. The van der Waals surface area contributed by atoms with Crippen molar-refractivity contribution in [1.29, 1.82) is 0 Å². The summed E-state index contributed by atoms with van der Waals surface area (Å²) in [6.07, 6.45) is 59.2. The van der Waals surface area contributed by atoms with Crippen molar-refractivity contribution >= 4 is 11.9 Å². The molecule has 0 radical (unpaired) electrons. The Hall–Kier alpha value is -2.64. The summed E-state index contributed by atoms with van der Waals surface area (Å²) in [5, 5.41) is 54.2. The van der Waals surface area contributed by atoms with E-state index in [1.165, 1.54) is 167 Å². The third kappa shape index (κ3) is 43.0. The number of hydrogen-bond donors (Lipinski definition) is 6. The van der Waals surface area contributed by atoms with E-state index in [1.807, 2.05) is 6.08 Å². The average molecular weight is 1060 g/mol. The zero-order valence-electron chi connectivity index (χ0n) is 48.0. The molecular formula is C64H115NO10. The standard InChI is InChI=1S/C64H115NO10/c1-3-5-7-9-11-13-14-15-16-22-26-29-32-36-40-44-48-52-60(69)73-53-49-45-41-37-33-30-27-24-21-19-17-18-20-23-25-28-31-35-39-43-47-51-59(68)65-56(57(67)50-46-42-38-34-12-10-8-6-4-2)55-74-64-63(72)62(71)61(70)58(54-66)75-64/h11,13,15-16,30,33,41,45-46,50,56-58,61-64,66-67,70-72H,3-10,12,14,17-29,31-32,34-40,42-44,47-49,51-55H2,1-2H3,(H,65,68)/b13-11-,16-15-,33-30-,45-41-,50-46+. The van der Waals surface area contributed by atoms with E-state index in [-0.39, 0.29) is 18.5 Å². The minimum absolute atomic E-state index is 0.0569. The number of rotatable bonds is 53. The second-order valence-corrected chi connectivity index (χ2v) is 21.4. The molecule has 75 heavy (non-hydrogen) atoms. The predicted octanol–water partition coefficient (Wildman–Crippen LogP) is 14.6. The largest absolute Gasteiger partial charge is 0.465 e. The third-order valence-corrected chi connectivity index (χ3v) is 14.4. The molecule has 11 nitrogen and oxygen atoms in total. The Bertz CT molecular complexity index is 1430. The molecular weight excluding hydrogens is 943 g/mol. The zero-order valence-corrected chi connectivity index (χ0v) is 48.0. The minimum Gasteiger partial charge on any atom is -0.465 e. The zero-order chi connectivity index (χ0) is 54.5. The first-order valence-electron chi connectivity index (χ1n) is 31.1. The molecule has 0 aliphatic carbocycles. The molecule has 0 saturated carbocycles. The van der Waals surface area contributed by atoms with Crippen LogP contribution in [-0.4, -0.2) is 100 Å². The van der Waals surface area contributed by atoms with Crippen molar-refractivity contribution in [2.75, 3.05) is 19.8 Å². The van der Waals surface area contributed by atoms with Gasteiger partial charge in [0, 0.05) is 12.8 Å². The first-order valence-corrected chi connectivity index (χ1v) is 31.1. The smallest absolute Gasteiger partial charge is 0.305 e. The van der Waals surface area contributed by atoms with Crippen molar-refractivity contribution in [1.82, 2.24) is 5.32 Å². The monoisotopic (exact) mass is 1060 g/mol. The Labute approximate surface area is 458 Å². The summed E-state index contributed by atoms with van der Waals surface area (Å²) in [5.41, 5.74) is 0. The molecule has 6 N–H and O–H groups in total.